The lowest BCUT2D eigenvalue weighted by molar-refractivity contribution is 0.258. The summed E-state index contributed by atoms with van der Waals surface area (Å²) in [7, 11) is 1.91. The number of aryl methyl sites for hydroxylation is 1. The van der Waals surface area contributed by atoms with E-state index < -0.39 is 0 Å². The molecule has 1 saturated heterocycles. The molecule has 1 aliphatic carbocycles. The third-order valence-electron chi connectivity index (χ3n) is 6.05. The number of aromatic nitrogens is 5. The number of hydrogen-bond donors (Lipinski definition) is 0. The molecule has 0 N–H and O–H groups in total. The van der Waals surface area contributed by atoms with Crippen LogP contribution in [-0.4, -0.2) is 68.1 Å². The molecule has 1 aliphatic heterocycles. The second kappa shape index (κ2) is 10.5. The molecule has 9 heteroatoms. The Morgan fingerprint density at radius 1 is 1.10 bits per heavy atom. The zero-order valence-corrected chi connectivity index (χ0v) is 20.9. The number of nitrogens with zero attached hydrogens (tertiary/aromatic N) is 7. The molecule has 0 atom stereocenters. The van der Waals surface area contributed by atoms with Gasteiger partial charge in [-0.05, 0) is 25.8 Å². The van der Waals surface area contributed by atoms with Crippen molar-refractivity contribution < 1.29 is 0 Å². The van der Waals surface area contributed by atoms with Crippen molar-refractivity contribution in [3.63, 3.8) is 0 Å². The van der Waals surface area contributed by atoms with Crippen molar-refractivity contribution in [2.75, 3.05) is 43.4 Å². The molecule has 2 fully saturated rings. The largest absolute Gasteiger partial charge is 0.354 e. The summed E-state index contributed by atoms with van der Waals surface area (Å²) >= 11 is 1.75. The number of piperazine rings is 1. The van der Waals surface area contributed by atoms with Crippen molar-refractivity contribution in [3.05, 3.63) is 23.9 Å². The summed E-state index contributed by atoms with van der Waals surface area (Å²) in [5.41, 5.74) is 1.25. The normalized spacial score (nSPS) is 18.0. The fourth-order valence-corrected chi connectivity index (χ4v) is 4.67. The second-order valence-corrected chi connectivity index (χ2v) is 10.6. The zero-order valence-electron chi connectivity index (χ0n) is 19.3. The Balaban J connectivity index is 0.00000272. The van der Waals surface area contributed by atoms with E-state index in [1.54, 1.807) is 22.8 Å². The Morgan fingerprint density at radius 3 is 2.42 bits per heavy atom. The summed E-state index contributed by atoms with van der Waals surface area (Å²) in [4.78, 5) is 19.2. The Morgan fingerprint density at radius 2 is 1.84 bits per heavy atom. The van der Waals surface area contributed by atoms with Crippen molar-refractivity contribution in [3.8, 4) is 0 Å². The Labute approximate surface area is 196 Å². The molecule has 0 aromatic carbocycles. The van der Waals surface area contributed by atoms with Crippen LogP contribution in [0.5, 0.6) is 0 Å². The average Bonchev–Trinajstić information content (AvgIpc) is 3.09. The van der Waals surface area contributed by atoms with Crippen LogP contribution < -0.4 is 4.90 Å². The topological polar surface area (TPSA) is 63.0 Å². The van der Waals surface area contributed by atoms with Crippen LogP contribution >= 0.6 is 24.2 Å². The van der Waals surface area contributed by atoms with Gasteiger partial charge in [0.25, 0.3) is 0 Å². The van der Waals surface area contributed by atoms with Crippen molar-refractivity contribution in [2.24, 2.45) is 7.05 Å². The summed E-state index contributed by atoms with van der Waals surface area (Å²) < 4.78 is 1.76. The zero-order chi connectivity index (χ0) is 21.1. The average molecular weight is 466 g/mol. The molecule has 31 heavy (non-hydrogen) atoms. The van der Waals surface area contributed by atoms with Crippen LogP contribution in [0.2, 0.25) is 0 Å². The van der Waals surface area contributed by atoms with Crippen LogP contribution in [0, 0.1) is 0 Å². The van der Waals surface area contributed by atoms with Crippen LogP contribution in [-0.2, 0) is 12.5 Å². The first-order chi connectivity index (χ1) is 14.4. The van der Waals surface area contributed by atoms with Gasteiger partial charge in [0.1, 0.15) is 18.0 Å². The van der Waals surface area contributed by atoms with Crippen LogP contribution in [0.1, 0.15) is 63.9 Å². The first-order valence-electron chi connectivity index (χ1n) is 11.2. The van der Waals surface area contributed by atoms with E-state index in [1.165, 1.54) is 25.0 Å². The Bertz CT molecular complexity index is 839. The van der Waals surface area contributed by atoms with Gasteiger partial charge in [-0.1, -0.05) is 39.0 Å². The highest BCUT2D eigenvalue weighted by atomic mass is 35.5. The first-order valence-corrected chi connectivity index (χ1v) is 12.2. The van der Waals surface area contributed by atoms with Gasteiger partial charge >= 0.3 is 0 Å². The molecule has 0 radical (unpaired) electrons. The van der Waals surface area contributed by atoms with Crippen LogP contribution in [0.3, 0.4) is 0 Å². The van der Waals surface area contributed by atoms with Crippen molar-refractivity contribution in [1.29, 1.82) is 0 Å². The maximum Gasteiger partial charge on any atom is 0.208 e. The molecular formula is C22H36ClN7S. The van der Waals surface area contributed by atoms with E-state index in [-0.39, 0.29) is 17.8 Å². The third-order valence-corrected chi connectivity index (χ3v) is 6.99. The standard InChI is InChI=1S/C22H35N7S.ClH/c1-22(2,3)20-24-18(17-7-5-8-17)15-19(25-20)29-12-10-28(11-13-29)9-6-14-30-21-23-16-27(4)26-21;/h15-17H,5-14H2,1-4H3;1H. The Hall–Kier alpha value is -1.38. The van der Waals surface area contributed by atoms with Crippen molar-refractivity contribution >= 4 is 30.0 Å². The lowest BCUT2D eigenvalue weighted by atomic mass is 9.82. The highest BCUT2D eigenvalue weighted by molar-refractivity contribution is 7.99. The lowest BCUT2D eigenvalue weighted by Gasteiger charge is -2.36. The number of thioether (sulfide) groups is 1. The highest BCUT2D eigenvalue weighted by Crippen LogP contribution is 2.37. The van der Waals surface area contributed by atoms with E-state index >= 15 is 0 Å². The van der Waals surface area contributed by atoms with Crippen molar-refractivity contribution in [1.82, 2.24) is 29.6 Å². The molecule has 2 aromatic rings. The van der Waals surface area contributed by atoms with Crippen LogP contribution in [0.25, 0.3) is 0 Å². The van der Waals surface area contributed by atoms with Gasteiger partial charge in [0.05, 0.1) is 0 Å². The predicted molar refractivity (Wildman–Crippen MR) is 130 cm³/mol. The second-order valence-electron chi connectivity index (χ2n) is 9.58. The minimum Gasteiger partial charge on any atom is -0.354 e. The summed E-state index contributed by atoms with van der Waals surface area (Å²) in [6.45, 7) is 12.1. The monoisotopic (exact) mass is 465 g/mol. The highest BCUT2D eigenvalue weighted by Gasteiger charge is 2.27. The molecule has 4 rings (SSSR count). The van der Waals surface area contributed by atoms with Gasteiger partial charge in [-0.15, -0.1) is 17.5 Å². The molecule has 7 nitrogen and oxygen atoms in total. The van der Waals surface area contributed by atoms with E-state index in [2.05, 4.69) is 46.7 Å². The van der Waals surface area contributed by atoms with Gasteiger partial charge in [-0.3, -0.25) is 9.58 Å². The van der Waals surface area contributed by atoms with Crippen LogP contribution in [0.15, 0.2) is 17.6 Å². The fraction of sp³-hybridized carbons (Fsp3) is 0.727. The number of rotatable bonds is 7. The SMILES string of the molecule is Cl.Cn1cnc(SCCCN2CCN(c3cc(C4CCC4)nc(C(C)(C)C)n3)CC2)n1. The van der Waals surface area contributed by atoms with Gasteiger partial charge in [0.15, 0.2) is 0 Å². The maximum atomic E-state index is 4.98. The molecule has 3 heterocycles. The minimum absolute atomic E-state index is 0. The first kappa shape index (κ1) is 24.3. The van der Waals surface area contributed by atoms with Gasteiger partial charge in [0, 0.05) is 62.1 Å². The van der Waals surface area contributed by atoms with Gasteiger partial charge < -0.3 is 4.90 Å². The van der Waals surface area contributed by atoms with E-state index in [0.717, 1.165) is 61.7 Å². The summed E-state index contributed by atoms with van der Waals surface area (Å²) in [5.74, 6) is 3.83. The van der Waals surface area contributed by atoms with E-state index in [9.17, 15) is 0 Å². The van der Waals surface area contributed by atoms with Gasteiger partial charge in [0.2, 0.25) is 5.16 Å². The number of hydrogen-bond acceptors (Lipinski definition) is 7. The molecule has 172 valence electrons. The molecule has 0 unspecified atom stereocenters. The maximum absolute atomic E-state index is 4.98. The molecule has 1 saturated carbocycles. The predicted octanol–water partition coefficient (Wildman–Crippen LogP) is 3.90. The number of anilines is 1. The number of halogens is 1. The molecule has 0 spiro atoms. The molecule has 0 amide bonds. The van der Waals surface area contributed by atoms with E-state index in [1.807, 2.05) is 7.05 Å². The summed E-state index contributed by atoms with van der Waals surface area (Å²) in [6, 6.07) is 2.27. The molecule has 0 bridgehead atoms. The quantitative estimate of drug-likeness (QED) is 0.454. The minimum atomic E-state index is -0.0174. The summed E-state index contributed by atoms with van der Waals surface area (Å²) in [5, 5.41) is 5.21. The lowest BCUT2D eigenvalue weighted by Crippen LogP contribution is -2.47. The third kappa shape index (κ3) is 6.33. The molecular weight excluding hydrogens is 430 g/mol. The van der Waals surface area contributed by atoms with Gasteiger partial charge in [-0.2, -0.15) is 0 Å². The summed E-state index contributed by atoms with van der Waals surface area (Å²) in [6.07, 6.45) is 6.81. The van der Waals surface area contributed by atoms with Crippen LogP contribution in [0.4, 0.5) is 5.82 Å². The van der Waals surface area contributed by atoms with E-state index in [0.29, 0.717) is 5.92 Å². The molecule has 2 aromatic heterocycles. The Kier molecular flexibility index (Phi) is 8.21. The molecule has 2 aliphatic rings. The smallest absolute Gasteiger partial charge is 0.208 e. The van der Waals surface area contributed by atoms with Gasteiger partial charge in [-0.25, -0.2) is 15.0 Å². The fourth-order valence-electron chi connectivity index (χ4n) is 3.90. The van der Waals surface area contributed by atoms with Crippen molar-refractivity contribution in [2.45, 2.75) is 62.9 Å². The van der Waals surface area contributed by atoms with E-state index in [4.69, 9.17) is 9.97 Å².